The van der Waals surface area contributed by atoms with Crippen molar-refractivity contribution >= 4 is 27.7 Å². The van der Waals surface area contributed by atoms with E-state index < -0.39 is 33.2 Å². The van der Waals surface area contributed by atoms with Gasteiger partial charge in [0.1, 0.15) is 17.1 Å². The number of sulfonamides is 1. The Morgan fingerprint density at radius 1 is 0.978 bits per heavy atom. The summed E-state index contributed by atoms with van der Waals surface area (Å²) in [6.45, 7) is 2.95. The number of carbonyl (C=O) groups excluding carboxylic acids is 2. The summed E-state index contributed by atoms with van der Waals surface area (Å²) in [6.07, 6.45) is -0.284. The summed E-state index contributed by atoms with van der Waals surface area (Å²) in [4.78, 5) is 32.2. The highest BCUT2D eigenvalue weighted by molar-refractivity contribution is 7.89. The van der Waals surface area contributed by atoms with Crippen molar-refractivity contribution in [2.45, 2.75) is 44.3 Å². The quantitative estimate of drug-likeness (QED) is 0.430. The van der Waals surface area contributed by atoms with E-state index in [0.717, 1.165) is 23.3 Å². The molecule has 248 valence electrons. The van der Waals surface area contributed by atoms with Crippen molar-refractivity contribution in [2.75, 3.05) is 52.3 Å². The number of nitrogens with one attached hydrogen (secondary N) is 1. The Balaban J connectivity index is 1.40. The van der Waals surface area contributed by atoms with Gasteiger partial charge in [0.15, 0.2) is 0 Å². The molecule has 0 radical (unpaired) electrons. The number of halogens is 3. The van der Waals surface area contributed by atoms with Gasteiger partial charge >= 0.3 is 6.18 Å². The number of amidine groups is 1. The van der Waals surface area contributed by atoms with Crippen molar-refractivity contribution in [1.29, 1.82) is 0 Å². The van der Waals surface area contributed by atoms with E-state index in [1.165, 1.54) is 10.4 Å². The second kappa shape index (κ2) is 13.5. The van der Waals surface area contributed by atoms with Crippen molar-refractivity contribution in [3.05, 3.63) is 76.4 Å². The van der Waals surface area contributed by atoms with Crippen LogP contribution in [0.4, 0.5) is 13.2 Å². The molecule has 1 saturated heterocycles. The summed E-state index contributed by atoms with van der Waals surface area (Å²) >= 11 is 0. The molecule has 2 aromatic rings. The molecule has 1 fully saturated rings. The van der Waals surface area contributed by atoms with Gasteiger partial charge < -0.3 is 19.7 Å². The van der Waals surface area contributed by atoms with Gasteiger partial charge in [-0.3, -0.25) is 14.6 Å². The third-order valence-electron chi connectivity index (χ3n) is 8.50. The monoisotopic (exact) mass is 662 g/mol. The molecule has 5 aliphatic heterocycles. The van der Waals surface area contributed by atoms with Crippen LogP contribution in [0.3, 0.4) is 0 Å². The lowest BCUT2D eigenvalue weighted by atomic mass is 9.89. The number of piperidine rings is 1. The zero-order valence-electron chi connectivity index (χ0n) is 25.7. The Hall–Kier alpha value is -3.75. The molecule has 1 spiro atoms. The molecule has 7 rings (SSSR count). The van der Waals surface area contributed by atoms with Crippen LogP contribution in [-0.4, -0.2) is 93.1 Å². The maximum atomic E-state index is 13.8. The number of rotatable bonds is 0. The smallest absolute Gasteiger partial charge is 0.416 e. The minimum Gasteiger partial charge on any atom is -0.493 e. The van der Waals surface area contributed by atoms with Crippen molar-refractivity contribution in [3.63, 3.8) is 0 Å². The second-order valence-corrected chi connectivity index (χ2v) is 13.8. The third kappa shape index (κ3) is 7.61. The highest BCUT2D eigenvalue weighted by Gasteiger charge is 2.47. The largest absolute Gasteiger partial charge is 0.493 e. The number of carbonyl (C=O) groups is 2. The number of aliphatic imine (C=N–C) groups is 1. The molecule has 2 amide bonds. The van der Waals surface area contributed by atoms with Gasteiger partial charge in [0.05, 0.1) is 31.1 Å². The van der Waals surface area contributed by atoms with E-state index in [1.54, 1.807) is 42.3 Å². The highest BCUT2D eigenvalue weighted by atomic mass is 32.2. The van der Waals surface area contributed by atoms with Crippen molar-refractivity contribution in [1.82, 2.24) is 14.5 Å². The number of ether oxygens (including phenoxy) is 2. The lowest BCUT2D eigenvalue weighted by Crippen LogP contribution is -2.50. The van der Waals surface area contributed by atoms with Gasteiger partial charge in [-0.1, -0.05) is 18.2 Å². The predicted octanol–water partition coefficient (Wildman–Crippen LogP) is 3.72. The molecule has 0 aliphatic carbocycles. The average molecular weight is 663 g/mol. The van der Waals surface area contributed by atoms with Gasteiger partial charge in [0.2, 0.25) is 10.0 Å². The number of alkyl halides is 3. The molecule has 5 heterocycles. The fourth-order valence-electron chi connectivity index (χ4n) is 5.69. The van der Waals surface area contributed by atoms with E-state index in [0.29, 0.717) is 25.1 Å². The normalized spacial score (nSPS) is 25.4. The van der Waals surface area contributed by atoms with Gasteiger partial charge in [0.25, 0.3) is 11.8 Å². The number of aryl methyl sites for hydroxylation is 2. The third-order valence-corrected chi connectivity index (χ3v) is 10.4. The van der Waals surface area contributed by atoms with Crippen molar-refractivity contribution in [2.24, 2.45) is 4.99 Å². The van der Waals surface area contributed by atoms with Crippen LogP contribution >= 0.6 is 0 Å². The molecular weight excluding hydrogens is 625 g/mol. The van der Waals surface area contributed by atoms with Crippen LogP contribution in [0.15, 0.2) is 53.5 Å². The fraction of sp³-hybridized carbons (Fsp3) is 0.469. The van der Waals surface area contributed by atoms with E-state index in [4.69, 9.17) is 9.47 Å². The van der Waals surface area contributed by atoms with E-state index in [1.807, 2.05) is 6.92 Å². The molecule has 0 atom stereocenters. The summed E-state index contributed by atoms with van der Waals surface area (Å²) in [5, 5.41) is 2.63. The molecular formula is C32H37F3N4O6S. The molecule has 0 saturated carbocycles. The van der Waals surface area contributed by atoms with Crippen LogP contribution in [0.1, 0.15) is 51.9 Å². The van der Waals surface area contributed by atoms with Gasteiger partial charge in [-0.25, -0.2) is 12.7 Å². The zero-order chi connectivity index (χ0) is 33.1. The van der Waals surface area contributed by atoms with Crippen molar-refractivity contribution < 1.29 is 40.7 Å². The first-order valence-corrected chi connectivity index (χ1v) is 16.7. The summed E-state index contributed by atoms with van der Waals surface area (Å²) in [6, 6.07) is 8.44. The Morgan fingerprint density at radius 3 is 2.46 bits per heavy atom. The topological polar surface area (TPSA) is 118 Å². The summed E-state index contributed by atoms with van der Waals surface area (Å²) in [5.41, 5.74) is -0.0717. The molecule has 1 N–H and O–H groups in total. The summed E-state index contributed by atoms with van der Waals surface area (Å²) in [5.74, 6) is -0.849. The SMILES string of the molecule is Cc1cc2ccc1CCS(=O)(=O)N1CCC3(CC1)N=C(NC3=O)c1cc(cc(C(F)(F)F)c1)OCC/C=C/COCCN(C)C2=O. The standard InChI is InChI=1S/C32H37F3N4O6S/c1-22-18-24-7-6-23(22)8-17-46(42,43)39-11-9-31(10-12-39)30(41)36-28(37-31)25-19-26(32(33,34)35)21-27(20-25)45-15-5-3-4-14-44-16-13-38(2)29(24)40/h3-4,6-7,18-21H,5,8-17H2,1-2H3,(H,36,37,41)/b4-3+. The average Bonchev–Trinajstić information content (AvgIpc) is 3.33. The first-order chi connectivity index (χ1) is 21.8. The van der Waals surface area contributed by atoms with Gasteiger partial charge in [-0.15, -0.1) is 0 Å². The maximum Gasteiger partial charge on any atom is 0.416 e. The molecule has 0 aromatic heterocycles. The molecule has 0 unspecified atom stereocenters. The lowest BCUT2D eigenvalue weighted by Gasteiger charge is -2.34. The molecule has 2 aromatic carbocycles. The molecule has 5 aliphatic rings. The van der Waals surface area contributed by atoms with Crippen molar-refractivity contribution in [3.8, 4) is 5.75 Å². The number of hydrogen-bond acceptors (Lipinski definition) is 7. The number of likely N-dealkylation sites (N-methyl/N-ethyl adjacent to an activating group) is 1. The van der Waals surface area contributed by atoms with E-state index in [9.17, 15) is 31.2 Å². The second-order valence-electron chi connectivity index (χ2n) is 11.7. The van der Waals surface area contributed by atoms with Crippen LogP contribution in [0, 0.1) is 6.92 Å². The number of nitrogens with zero attached hydrogens (tertiary/aromatic N) is 3. The molecule has 7 bridgehead atoms. The Bertz CT molecular complexity index is 1650. The summed E-state index contributed by atoms with van der Waals surface area (Å²) in [7, 11) is -2.02. The van der Waals surface area contributed by atoms with Gasteiger partial charge in [-0.05, 0) is 74.1 Å². The first kappa shape index (κ1) is 33.6. The Kier molecular flexibility index (Phi) is 9.89. The van der Waals surface area contributed by atoms with Crippen LogP contribution in [0.2, 0.25) is 0 Å². The molecule has 10 nitrogen and oxygen atoms in total. The number of benzene rings is 2. The Morgan fingerprint density at radius 2 is 1.74 bits per heavy atom. The van der Waals surface area contributed by atoms with E-state index in [-0.39, 0.29) is 74.4 Å². The minimum atomic E-state index is -4.66. The molecule has 46 heavy (non-hydrogen) atoms. The van der Waals surface area contributed by atoms with Gasteiger partial charge in [0, 0.05) is 37.8 Å². The van der Waals surface area contributed by atoms with Crippen LogP contribution in [0.25, 0.3) is 0 Å². The van der Waals surface area contributed by atoms with E-state index >= 15 is 0 Å². The zero-order valence-corrected chi connectivity index (χ0v) is 26.5. The van der Waals surface area contributed by atoms with Crippen LogP contribution in [-0.2, 0) is 32.2 Å². The number of hydrogen-bond donors (Lipinski definition) is 1. The predicted molar refractivity (Wildman–Crippen MR) is 165 cm³/mol. The molecule has 14 heteroatoms. The minimum absolute atomic E-state index is 0.00490. The number of fused-ring (bicyclic) bond motifs is 2. The first-order valence-electron chi connectivity index (χ1n) is 15.1. The number of amides is 2. The lowest BCUT2D eigenvalue weighted by molar-refractivity contribution is -0.137. The fourth-order valence-corrected chi connectivity index (χ4v) is 7.17. The van der Waals surface area contributed by atoms with Crippen LogP contribution in [0.5, 0.6) is 5.75 Å². The van der Waals surface area contributed by atoms with Gasteiger partial charge in [-0.2, -0.15) is 13.2 Å². The Labute approximate surface area is 266 Å². The maximum absolute atomic E-state index is 13.8. The van der Waals surface area contributed by atoms with Crippen LogP contribution < -0.4 is 10.1 Å². The summed E-state index contributed by atoms with van der Waals surface area (Å²) < 4.78 is 80.5. The van der Waals surface area contributed by atoms with E-state index in [2.05, 4.69) is 10.3 Å². The highest BCUT2D eigenvalue weighted by Crippen LogP contribution is 2.36.